The number of benzene rings is 1. The number of aromatic amines is 1. The van der Waals surface area contributed by atoms with Crippen LogP contribution in [0.4, 0.5) is 0 Å². The van der Waals surface area contributed by atoms with Gasteiger partial charge in [0.25, 0.3) is 5.56 Å². The Kier molecular flexibility index (Phi) is 4.13. The van der Waals surface area contributed by atoms with Crippen LogP contribution in [0.15, 0.2) is 40.7 Å². The highest BCUT2D eigenvalue weighted by Crippen LogP contribution is 2.20. The van der Waals surface area contributed by atoms with Crippen molar-refractivity contribution in [2.75, 3.05) is 0 Å². The fraction of sp³-hybridized carbons (Fsp3) is 0.412. The summed E-state index contributed by atoms with van der Waals surface area (Å²) in [7, 11) is 0. The molecule has 0 radical (unpaired) electrons. The molecule has 1 aromatic heterocycles. The smallest absolute Gasteiger partial charge is 0.274 e. The number of para-hydroxylation sites is 1. The third kappa shape index (κ3) is 2.98. The summed E-state index contributed by atoms with van der Waals surface area (Å²) in [5, 5.41) is 6.57. The predicted molar refractivity (Wildman–Crippen MR) is 86.7 cm³/mol. The number of carbonyl (C=O) groups excluding carboxylic acids is 1. The van der Waals surface area contributed by atoms with Crippen LogP contribution in [0.3, 0.4) is 0 Å². The average molecular weight is 299 g/mol. The Labute approximate surface area is 129 Å². The highest BCUT2D eigenvalue weighted by Gasteiger charge is 2.15. The van der Waals surface area contributed by atoms with E-state index in [9.17, 15) is 9.59 Å². The molecule has 1 amide bonds. The van der Waals surface area contributed by atoms with E-state index in [0.29, 0.717) is 5.39 Å². The van der Waals surface area contributed by atoms with Crippen LogP contribution in [-0.4, -0.2) is 21.7 Å². The lowest BCUT2D eigenvalue weighted by Crippen LogP contribution is -2.38. The molecule has 0 aliphatic heterocycles. The second-order valence-electron chi connectivity index (χ2n) is 5.86. The van der Waals surface area contributed by atoms with Gasteiger partial charge in [-0.15, -0.1) is 0 Å². The average Bonchev–Trinajstić information content (AvgIpc) is 2.84. The topological polar surface area (TPSA) is 66.9 Å². The summed E-state index contributed by atoms with van der Waals surface area (Å²) >= 11 is 0. The zero-order chi connectivity index (χ0) is 15.5. The van der Waals surface area contributed by atoms with E-state index in [1.54, 1.807) is 6.07 Å². The number of aromatic nitrogens is 2. The fourth-order valence-corrected chi connectivity index (χ4v) is 3.00. The first kappa shape index (κ1) is 14.6. The van der Waals surface area contributed by atoms with Crippen LogP contribution in [0.1, 0.15) is 32.6 Å². The third-order valence-electron chi connectivity index (χ3n) is 4.22. The molecule has 1 atom stereocenters. The summed E-state index contributed by atoms with van der Waals surface area (Å²) < 4.78 is 1.36. The number of allylic oxidation sites excluding steroid dienone is 1. The van der Waals surface area contributed by atoms with Crippen LogP contribution in [0.25, 0.3) is 10.9 Å². The van der Waals surface area contributed by atoms with Crippen LogP contribution < -0.4 is 10.9 Å². The Hall–Kier alpha value is -2.30. The van der Waals surface area contributed by atoms with Crippen molar-refractivity contribution in [2.24, 2.45) is 0 Å². The molecule has 0 fully saturated rings. The number of nitrogens with zero attached hydrogens (tertiary/aromatic N) is 1. The Balaban J connectivity index is 1.69. The van der Waals surface area contributed by atoms with E-state index in [1.807, 2.05) is 25.1 Å². The molecule has 1 heterocycles. The normalized spacial score (nSPS) is 16.3. The van der Waals surface area contributed by atoms with E-state index in [1.165, 1.54) is 23.1 Å². The van der Waals surface area contributed by atoms with E-state index in [2.05, 4.69) is 16.5 Å². The van der Waals surface area contributed by atoms with Gasteiger partial charge < -0.3 is 5.32 Å². The van der Waals surface area contributed by atoms with Crippen LogP contribution in [0.5, 0.6) is 0 Å². The molecule has 2 aromatic rings. The van der Waals surface area contributed by atoms with Gasteiger partial charge in [0.05, 0.1) is 10.9 Å². The van der Waals surface area contributed by atoms with Crippen LogP contribution in [0, 0.1) is 0 Å². The molecule has 0 saturated heterocycles. The SMILES string of the molecule is C[C@@H](NC(=O)Cn1[nH]c2ccccc2c1=O)C1=CCCCC1. The molecule has 2 N–H and O–H groups in total. The monoisotopic (exact) mass is 299 g/mol. The van der Waals surface area contributed by atoms with Crippen molar-refractivity contribution in [1.29, 1.82) is 0 Å². The minimum absolute atomic E-state index is 0.0190. The molecule has 0 saturated carbocycles. The van der Waals surface area contributed by atoms with Crippen molar-refractivity contribution in [1.82, 2.24) is 15.1 Å². The number of fused-ring (bicyclic) bond motifs is 1. The maximum Gasteiger partial charge on any atom is 0.274 e. The first-order valence-electron chi connectivity index (χ1n) is 7.81. The van der Waals surface area contributed by atoms with Gasteiger partial charge in [0.2, 0.25) is 5.91 Å². The summed E-state index contributed by atoms with van der Waals surface area (Å²) in [6.07, 6.45) is 6.79. The van der Waals surface area contributed by atoms with E-state index >= 15 is 0 Å². The molecule has 5 heteroatoms. The molecule has 1 aliphatic rings. The second-order valence-corrected chi connectivity index (χ2v) is 5.86. The van der Waals surface area contributed by atoms with Gasteiger partial charge in [0.1, 0.15) is 6.54 Å². The lowest BCUT2D eigenvalue weighted by atomic mass is 9.95. The first-order chi connectivity index (χ1) is 10.6. The molecule has 1 aromatic carbocycles. The van der Waals surface area contributed by atoms with Crippen molar-refractivity contribution >= 4 is 16.8 Å². The van der Waals surface area contributed by atoms with Crippen molar-refractivity contribution in [3.63, 3.8) is 0 Å². The summed E-state index contributed by atoms with van der Waals surface area (Å²) in [5.74, 6) is -0.146. The highest BCUT2D eigenvalue weighted by atomic mass is 16.2. The molecular weight excluding hydrogens is 278 g/mol. The zero-order valence-electron chi connectivity index (χ0n) is 12.8. The van der Waals surface area contributed by atoms with Crippen LogP contribution >= 0.6 is 0 Å². The fourth-order valence-electron chi connectivity index (χ4n) is 3.00. The Morgan fingerprint density at radius 1 is 1.36 bits per heavy atom. The molecule has 1 aliphatic carbocycles. The number of carbonyl (C=O) groups is 1. The van der Waals surface area contributed by atoms with Crippen molar-refractivity contribution in [2.45, 2.75) is 45.2 Å². The molecule has 22 heavy (non-hydrogen) atoms. The zero-order valence-corrected chi connectivity index (χ0v) is 12.8. The second kappa shape index (κ2) is 6.22. The largest absolute Gasteiger partial charge is 0.348 e. The van der Waals surface area contributed by atoms with Gasteiger partial charge in [-0.1, -0.05) is 23.8 Å². The number of rotatable bonds is 4. The summed E-state index contributed by atoms with van der Waals surface area (Å²) in [6.45, 7) is 2.02. The van der Waals surface area contributed by atoms with E-state index in [4.69, 9.17) is 0 Å². The van der Waals surface area contributed by atoms with Gasteiger partial charge in [-0.05, 0) is 44.7 Å². The maximum absolute atomic E-state index is 12.2. The van der Waals surface area contributed by atoms with E-state index in [0.717, 1.165) is 18.4 Å². The highest BCUT2D eigenvalue weighted by molar-refractivity contribution is 5.80. The molecule has 116 valence electrons. The third-order valence-corrected chi connectivity index (χ3v) is 4.22. The molecule has 3 rings (SSSR count). The van der Waals surface area contributed by atoms with Crippen LogP contribution in [-0.2, 0) is 11.3 Å². The van der Waals surface area contributed by atoms with Gasteiger partial charge in [-0.2, -0.15) is 0 Å². The van der Waals surface area contributed by atoms with Crippen molar-refractivity contribution in [3.05, 3.63) is 46.3 Å². The summed E-state index contributed by atoms with van der Waals surface area (Å²) in [6, 6.07) is 7.31. The van der Waals surface area contributed by atoms with Gasteiger partial charge in [0, 0.05) is 6.04 Å². The van der Waals surface area contributed by atoms with Crippen molar-refractivity contribution < 1.29 is 4.79 Å². The lowest BCUT2D eigenvalue weighted by Gasteiger charge is -2.20. The number of nitrogens with one attached hydrogen (secondary N) is 2. The Morgan fingerprint density at radius 2 is 2.18 bits per heavy atom. The molecule has 0 spiro atoms. The maximum atomic E-state index is 12.2. The van der Waals surface area contributed by atoms with Crippen molar-refractivity contribution in [3.8, 4) is 0 Å². The number of H-pyrrole nitrogens is 1. The molecule has 0 bridgehead atoms. The van der Waals surface area contributed by atoms with E-state index < -0.39 is 0 Å². The molecular formula is C17H21N3O2. The molecule has 0 unspecified atom stereocenters. The number of hydrogen-bond donors (Lipinski definition) is 2. The quantitative estimate of drug-likeness (QED) is 0.851. The van der Waals surface area contributed by atoms with Gasteiger partial charge in [-0.3, -0.25) is 14.7 Å². The molecule has 5 nitrogen and oxygen atoms in total. The van der Waals surface area contributed by atoms with E-state index in [-0.39, 0.29) is 24.1 Å². The predicted octanol–water partition coefficient (Wildman–Crippen LogP) is 2.33. The van der Waals surface area contributed by atoms with Gasteiger partial charge in [0.15, 0.2) is 0 Å². The van der Waals surface area contributed by atoms with Crippen LogP contribution in [0.2, 0.25) is 0 Å². The minimum Gasteiger partial charge on any atom is -0.348 e. The number of amides is 1. The summed E-state index contributed by atoms with van der Waals surface area (Å²) in [5.41, 5.74) is 1.89. The standard InChI is InChI=1S/C17H21N3O2/c1-12(13-7-3-2-4-8-13)18-16(21)11-20-17(22)14-9-5-6-10-15(14)19-20/h5-7,9-10,12,19H,2-4,8,11H2,1H3,(H,18,21)/t12-/m1/s1. The minimum atomic E-state index is -0.157. The van der Waals surface area contributed by atoms with Gasteiger partial charge >= 0.3 is 0 Å². The first-order valence-corrected chi connectivity index (χ1v) is 7.81. The Morgan fingerprint density at radius 3 is 2.91 bits per heavy atom. The summed E-state index contributed by atoms with van der Waals surface area (Å²) in [4.78, 5) is 24.4. The van der Waals surface area contributed by atoms with Gasteiger partial charge in [-0.25, -0.2) is 4.68 Å². The number of hydrogen-bond acceptors (Lipinski definition) is 2. The Bertz CT molecular complexity index is 770. The lowest BCUT2D eigenvalue weighted by molar-refractivity contribution is -0.122.